The Bertz CT molecular complexity index is 308. The van der Waals surface area contributed by atoms with E-state index in [2.05, 4.69) is 22.0 Å². The minimum atomic E-state index is -0.178. The number of aromatic nitrogens is 2. The van der Waals surface area contributed by atoms with Crippen LogP contribution in [0.2, 0.25) is 5.02 Å². The fourth-order valence-corrected chi connectivity index (χ4v) is 0.753. The molecule has 1 aromatic rings. The first-order chi connectivity index (χ1) is 5.25. The highest BCUT2D eigenvalue weighted by Crippen LogP contribution is 2.15. The van der Waals surface area contributed by atoms with Gasteiger partial charge in [0.2, 0.25) is 0 Å². The summed E-state index contributed by atoms with van der Waals surface area (Å²) in [5, 5.41) is 15.4. The monoisotopic (exact) mass is 170 g/mol. The van der Waals surface area contributed by atoms with Crippen LogP contribution < -0.4 is 0 Å². The molecule has 0 atom stereocenters. The van der Waals surface area contributed by atoms with Gasteiger partial charge < -0.3 is 5.11 Å². The average molecular weight is 171 g/mol. The van der Waals surface area contributed by atoms with Crippen LogP contribution in [0.1, 0.15) is 11.4 Å². The molecule has 1 aromatic heterocycles. The van der Waals surface area contributed by atoms with Gasteiger partial charge in [-0.25, -0.2) is 0 Å². The van der Waals surface area contributed by atoms with Crippen LogP contribution in [0.15, 0.2) is 0 Å². The lowest BCUT2D eigenvalue weighted by Crippen LogP contribution is -1.77. The summed E-state index contributed by atoms with van der Waals surface area (Å²) in [6.07, 6.45) is 0. The molecular formula is C7H7ClN2O. The molecule has 0 amide bonds. The number of hydrogen-bond donors (Lipinski definition) is 2. The second-order valence-corrected chi connectivity index (χ2v) is 2.35. The number of aliphatic hydroxyl groups is 1. The fourth-order valence-electron chi connectivity index (χ4n) is 0.622. The van der Waals surface area contributed by atoms with Crippen molar-refractivity contribution in [3.63, 3.8) is 0 Å². The van der Waals surface area contributed by atoms with Crippen LogP contribution >= 0.6 is 11.6 Å². The largest absolute Gasteiger partial charge is 0.384 e. The number of rotatable bonds is 0. The number of aromatic amines is 1. The molecule has 0 aliphatic carbocycles. The number of H-pyrrole nitrogens is 1. The van der Waals surface area contributed by atoms with Crippen molar-refractivity contribution in [2.75, 3.05) is 6.61 Å². The van der Waals surface area contributed by atoms with Gasteiger partial charge in [-0.05, 0) is 12.8 Å². The SMILES string of the molecule is Cc1[nH]nc(C#CCO)c1Cl. The van der Waals surface area contributed by atoms with Crippen LogP contribution in [0.5, 0.6) is 0 Å². The van der Waals surface area contributed by atoms with Crippen LogP contribution in [-0.4, -0.2) is 21.9 Å². The molecule has 0 saturated carbocycles. The van der Waals surface area contributed by atoms with Crippen molar-refractivity contribution in [1.29, 1.82) is 0 Å². The number of nitrogens with zero attached hydrogens (tertiary/aromatic N) is 1. The van der Waals surface area contributed by atoms with E-state index in [-0.39, 0.29) is 6.61 Å². The lowest BCUT2D eigenvalue weighted by Gasteiger charge is -1.81. The summed E-state index contributed by atoms with van der Waals surface area (Å²) >= 11 is 5.77. The van der Waals surface area contributed by atoms with Gasteiger partial charge >= 0.3 is 0 Å². The molecule has 0 saturated heterocycles. The van der Waals surface area contributed by atoms with Gasteiger partial charge in [0.25, 0.3) is 0 Å². The smallest absolute Gasteiger partial charge is 0.154 e. The second-order valence-electron chi connectivity index (χ2n) is 1.97. The molecule has 0 bridgehead atoms. The summed E-state index contributed by atoms with van der Waals surface area (Å²) in [5.41, 5.74) is 1.27. The molecule has 11 heavy (non-hydrogen) atoms. The minimum absolute atomic E-state index is 0.178. The quantitative estimate of drug-likeness (QED) is 0.564. The molecule has 1 heterocycles. The first-order valence-corrected chi connectivity index (χ1v) is 3.43. The van der Waals surface area contributed by atoms with Gasteiger partial charge in [0.05, 0.1) is 10.7 Å². The van der Waals surface area contributed by atoms with E-state index in [0.717, 1.165) is 5.69 Å². The van der Waals surface area contributed by atoms with E-state index < -0.39 is 0 Å². The first-order valence-electron chi connectivity index (χ1n) is 3.06. The van der Waals surface area contributed by atoms with Crippen LogP contribution in [0, 0.1) is 18.8 Å². The maximum atomic E-state index is 8.37. The predicted molar refractivity (Wildman–Crippen MR) is 42.3 cm³/mol. The molecular weight excluding hydrogens is 164 g/mol. The highest BCUT2D eigenvalue weighted by molar-refractivity contribution is 6.32. The highest BCUT2D eigenvalue weighted by Gasteiger charge is 2.02. The first kappa shape index (κ1) is 8.12. The van der Waals surface area contributed by atoms with Gasteiger partial charge in [-0.2, -0.15) is 5.10 Å². The third-order valence-electron chi connectivity index (χ3n) is 1.16. The topological polar surface area (TPSA) is 48.9 Å². The zero-order valence-electron chi connectivity index (χ0n) is 5.98. The summed E-state index contributed by atoms with van der Waals surface area (Å²) in [4.78, 5) is 0. The van der Waals surface area contributed by atoms with E-state index in [1.165, 1.54) is 0 Å². The third kappa shape index (κ3) is 1.73. The van der Waals surface area contributed by atoms with Crippen molar-refractivity contribution in [2.24, 2.45) is 0 Å². The van der Waals surface area contributed by atoms with Crippen LogP contribution in [0.25, 0.3) is 0 Å². The zero-order valence-corrected chi connectivity index (χ0v) is 6.74. The molecule has 0 fully saturated rings. The number of aliphatic hydroxyl groups excluding tert-OH is 1. The van der Waals surface area contributed by atoms with Gasteiger partial charge in [0, 0.05) is 0 Å². The summed E-state index contributed by atoms with van der Waals surface area (Å²) < 4.78 is 0. The molecule has 58 valence electrons. The summed E-state index contributed by atoms with van der Waals surface area (Å²) in [7, 11) is 0. The Balaban J connectivity index is 2.96. The summed E-state index contributed by atoms with van der Waals surface area (Å²) in [6, 6.07) is 0. The summed E-state index contributed by atoms with van der Waals surface area (Å²) in [6.45, 7) is 1.63. The number of nitrogens with one attached hydrogen (secondary N) is 1. The molecule has 0 unspecified atom stereocenters. The van der Waals surface area contributed by atoms with Crippen molar-refractivity contribution in [1.82, 2.24) is 10.2 Å². The van der Waals surface area contributed by atoms with Gasteiger partial charge in [-0.1, -0.05) is 17.5 Å². The van der Waals surface area contributed by atoms with Crippen molar-refractivity contribution in [3.05, 3.63) is 16.4 Å². The molecule has 2 N–H and O–H groups in total. The van der Waals surface area contributed by atoms with E-state index in [1.54, 1.807) is 6.92 Å². The lowest BCUT2D eigenvalue weighted by atomic mass is 10.4. The average Bonchev–Trinajstić information content (AvgIpc) is 2.31. The van der Waals surface area contributed by atoms with Crippen molar-refractivity contribution < 1.29 is 5.11 Å². The third-order valence-corrected chi connectivity index (χ3v) is 1.62. The van der Waals surface area contributed by atoms with E-state index in [0.29, 0.717) is 10.7 Å². The Labute approximate surface area is 69.4 Å². The standard InChI is InChI=1S/C7H7ClN2O/c1-5-7(8)6(10-9-5)3-2-4-11/h11H,4H2,1H3,(H,9,10). The molecule has 3 nitrogen and oxygen atoms in total. The van der Waals surface area contributed by atoms with Crippen LogP contribution in [-0.2, 0) is 0 Å². The van der Waals surface area contributed by atoms with E-state index in [9.17, 15) is 0 Å². The van der Waals surface area contributed by atoms with E-state index >= 15 is 0 Å². The zero-order chi connectivity index (χ0) is 8.27. The predicted octanol–water partition coefficient (Wildman–Crippen LogP) is 0.715. The Morgan fingerprint density at radius 1 is 1.73 bits per heavy atom. The Hall–Kier alpha value is -0.980. The summed E-state index contributed by atoms with van der Waals surface area (Å²) in [5.74, 6) is 5.07. The van der Waals surface area contributed by atoms with E-state index in [4.69, 9.17) is 16.7 Å². The molecule has 1 rings (SSSR count). The molecule has 0 aliphatic heterocycles. The Morgan fingerprint density at radius 2 is 2.45 bits per heavy atom. The minimum Gasteiger partial charge on any atom is -0.384 e. The molecule has 0 radical (unpaired) electrons. The Kier molecular flexibility index (Phi) is 2.53. The van der Waals surface area contributed by atoms with Crippen LogP contribution in [0.4, 0.5) is 0 Å². The van der Waals surface area contributed by atoms with Gasteiger partial charge in [-0.3, -0.25) is 5.10 Å². The van der Waals surface area contributed by atoms with Crippen molar-refractivity contribution >= 4 is 11.6 Å². The fraction of sp³-hybridized carbons (Fsp3) is 0.286. The molecule has 0 aliphatic rings. The van der Waals surface area contributed by atoms with E-state index in [1.807, 2.05) is 0 Å². The molecule has 0 spiro atoms. The number of halogens is 1. The Morgan fingerprint density at radius 3 is 2.91 bits per heavy atom. The van der Waals surface area contributed by atoms with Crippen molar-refractivity contribution in [3.8, 4) is 11.8 Å². The van der Waals surface area contributed by atoms with Gasteiger partial charge in [-0.15, -0.1) is 0 Å². The highest BCUT2D eigenvalue weighted by atomic mass is 35.5. The van der Waals surface area contributed by atoms with Crippen LogP contribution in [0.3, 0.4) is 0 Å². The number of hydrogen-bond acceptors (Lipinski definition) is 2. The number of aryl methyl sites for hydroxylation is 1. The maximum absolute atomic E-state index is 8.37. The van der Waals surface area contributed by atoms with Gasteiger partial charge in [0.15, 0.2) is 5.69 Å². The van der Waals surface area contributed by atoms with Crippen molar-refractivity contribution in [2.45, 2.75) is 6.92 Å². The second kappa shape index (κ2) is 3.42. The lowest BCUT2D eigenvalue weighted by molar-refractivity contribution is 0.350. The van der Waals surface area contributed by atoms with Gasteiger partial charge in [0.1, 0.15) is 6.61 Å². The maximum Gasteiger partial charge on any atom is 0.154 e. The molecule has 0 aromatic carbocycles. The molecule has 4 heteroatoms. The normalized spacial score (nSPS) is 9.00.